The summed E-state index contributed by atoms with van der Waals surface area (Å²) in [5, 5.41) is 12.0. The Balaban J connectivity index is 1.98. The van der Waals surface area contributed by atoms with Gasteiger partial charge < -0.3 is 19.9 Å². The molecule has 0 aromatic heterocycles. The molecule has 1 saturated carbocycles. The molecule has 1 aromatic rings. The van der Waals surface area contributed by atoms with Crippen LogP contribution in [-0.2, 0) is 16.0 Å². The first kappa shape index (κ1) is 16.1. The minimum Gasteiger partial charge on any atom is -0.493 e. The highest BCUT2D eigenvalue weighted by Crippen LogP contribution is 2.28. The second kappa shape index (κ2) is 7.15. The monoisotopic (exact) mass is 307 g/mol. The Morgan fingerprint density at radius 1 is 1.23 bits per heavy atom. The molecule has 120 valence electrons. The fraction of sp³-hybridized carbons (Fsp3) is 0.500. The lowest BCUT2D eigenvalue weighted by molar-refractivity contribution is -0.142. The average molecular weight is 307 g/mol. The number of aliphatic carboxylic acids is 1. The van der Waals surface area contributed by atoms with Gasteiger partial charge in [-0.15, -0.1) is 0 Å². The fourth-order valence-electron chi connectivity index (χ4n) is 2.86. The molecule has 1 aliphatic carbocycles. The molecule has 2 N–H and O–H groups in total. The largest absolute Gasteiger partial charge is 0.493 e. The summed E-state index contributed by atoms with van der Waals surface area (Å²) in [6.45, 7) is 0. The van der Waals surface area contributed by atoms with Crippen molar-refractivity contribution in [1.82, 2.24) is 5.32 Å². The van der Waals surface area contributed by atoms with E-state index >= 15 is 0 Å². The highest BCUT2D eigenvalue weighted by molar-refractivity contribution is 5.80. The number of amides is 1. The maximum absolute atomic E-state index is 12.1. The van der Waals surface area contributed by atoms with E-state index in [4.69, 9.17) is 14.6 Å². The first-order valence-corrected chi connectivity index (χ1v) is 7.28. The minimum absolute atomic E-state index is 0.176. The normalized spacial score (nSPS) is 20.5. The van der Waals surface area contributed by atoms with Crippen LogP contribution >= 0.6 is 0 Å². The van der Waals surface area contributed by atoms with E-state index in [9.17, 15) is 9.59 Å². The van der Waals surface area contributed by atoms with Crippen molar-refractivity contribution >= 4 is 11.9 Å². The van der Waals surface area contributed by atoms with E-state index in [-0.39, 0.29) is 18.4 Å². The van der Waals surface area contributed by atoms with Crippen LogP contribution in [0.5, 0.6) is 11.5 Å². The van der Waals surface area contributed by atoms with Crippen LogP contribution in [0, 0.1) is 5.92 Å². The minimum atomic E-state index is -0.839. The zero-order valence-corrected chi connectivity index (χ0v) is 12.8. The Bertz CT molecular complexity index is 557. The van der Waals surface area contributed by atoms with Crippen LogP contribution in [-0.4, -0.2) is 37.2 Å². The molecule has 0 radical (unpaired) electrons. The maximum Gasteiger partial charge on any atom is 0.308 e. The molecular formula is C16H21NO5. The lowest BCUT2D eigenvalue weighted by atomic mass is 10.0. The Morgan fingerprint density at radius 3 is 2.59 bits per heavy atom. The van der Waals surface area contributed by atoms with Crippen molar-refractivity contribution in [2.45, 2.75) is 31.7 Å². The second-order valence-corrected chi connectivity index (χ2v) is 5.42. The van der Waals surface area contributed by atoms with Gasteiger partial charge in [-0.2, -0.15) is 0 Å². The molecule has 1 aromatic carbocycles. The lowest BCUT2D eigenvalue weighted by Crippen LogP contribution is -2.40. The summed E-state index contributed by atoms with van der Waals surface area (Å²) < 4.78 is 10.4. The topological polar surface area (TPSA) is 84.9 Å². The van der Waals surface area contributed by atoms with Crippen molar-refractivity contribution in [3.63, 3.8) is 0 Å². The van der Waals surface area contributed by atoms with E-state index in [1.807, 2.05) is 0 Å². The zero-order valence-electron chi connectivity index (χ0n) is 12.8. The Hall–Kier alpha value is -2.24. The van der Waals surface area contributed by atoms with Crippen molar-refractivity contribution in [1.29, 1.82) is 0 Å². The lowest BCUT2D eigenvalue weighted by Gasteiger charge is -2.17. The second-order valence-electron chi connectivity index (χ2n) is 5.42. The van der Waals surface area contributed by atoms with Crippen molar-refractivity contribution in [3.05, 3.63) is 23.8 Å². The molecule has 0 saturated heterocycles. The van der Waals surface area contributed by atoms with E-state index in [0.717, 1.165) is 12.0 Å². The summed E-state index contributed by atoms with van der Waals surface area (Å²) in [7, 11) is 3.09. The van der Waals surface area contributed by atoms with Crippen LogP contribution in [0.1, 0.15) is 24.8 Å². The number of nitrogens with one attached hydrogen (secondary N) is 1. The van der Waals surface area contributed by atoms with Crippen LogP contribution < -0.4 is 14.8 Å². The summed E-state index contributed by atoms with van der Waals surface area (Å²) in [4.78, 5) is 23.2. The Morgan fingerprint density at radius 2 is 1.95 bits per heavy atom. The van der Waals surface area contributed by atoms with E-state index in [1.165, 1.54) is 7.11 Å². The molecule has 0 unspecified atom stereocenters. The molecule has 1 amide bonds. The molecule has 1 fully saturated rings. The van der Waals surface area contributed by atoms with Crippen molar-refractivity contribution < 1.29 is 24.2 Å². The van der Waals surface area contributed by atoms with Crippen LogP contribution in [0.2, 0.25) is 0 Å². The fourth-order valence-corrected chi connectivity index (χ4v) is 2.86. The molecule has 1 aliphatic rings. The quantitative estimate of drug-likeness (QED) is 0.834. The van der Waals surface area contributed by atoms with Gasteiger partial charge in [-0.3, -0.25) is 9.59 Å². The van der Waals surface area contributed by atoms with E-state index in [1.54, 1.807) is 25.3 Å². The molecule has 0 heterocycles. The van der Waals surface area contributed by atoms with Crippen molar-refractivity contribution in [2.24, 2.45) is 5.92 Å². The molecule has 0 spiro atoms. The van der Waals surface area contributed by atoms with Crippen molar-refractivity contribution in [3.8, 4) is 11.5 Å². The third kappa shape index (κ3) is 3.69. The highest BCUT2D eigenvalue weighted by Gasteiger charge is 2.33. The number of ether oxygens (including phenoxy) is 2. The summed E-state index contributed by atoms with van der Waals surface area (Å²) in [5.41, 5.74) is 0.792. The van der Waals surface area contributed by atoms with Gasteiger partial charge in [0.25, 0.3) is 0 Å². The molecule has 6 nitrogen and oxygen atoms in total. The average Bonchev–Trinajstić information content (AvgIpc) is 2.95. The van der Waals surface area contributed by atoms with E-state index in [0.29, 0.717) is 24.3 Å². The van der Waals surface area contributed by atoms with E-state index < -0.39 is 11.9 Å². The summed E-state index contributed by atoms with van der Waals surface area (Å²) in [6.07, 6.45) is 2.35. The van der Waals surface area contributed by atoms with Gasteiger partial charge in [0.2, 0.25) is 5.91 Å². The molecule has 2 atom stereocenters. The maximum atomic E-state index is 12.1. The first-order valence-electron chi connectivity index (χ1n) is 7.28. The first-order chi connectivity index (χ1) is 10.5. The highest BCUT2D eigenvalue weighted by atomic mass is 16.5. The zero-order chi connectivity index (χ0) is 16.1. The van der Waals surface area contributed by atoms with Gasteiger partial charge in [0, 0.05) is 6.04 Å². The van der Waals surface area contributed by atoms with Gasteiger partial charge in [0.1, 0.15) is 0 Å². The predicted octanol–water partition coefficient (Wildman–Crippen LogP) is 1.62. The summed E-state index contributed by atoms with van der Waals surface area (Å²) in [5.74, 6) is -0.320. The number of methoxy groups -OCH3 is 2. The molecule has 2 rings (SSSR count). The van der Waals surface area contributed by atoms with Gasteiger partial charge in [-0.25, -0.2) is 0 Å². The third-order valence-corrected chi connectivity index (χ3v) is 3.99. The number of carboxylic acids is 1. The summed E-state index contributed by atoms with van der Waals surface area (Å²) in [6, 6.07) is 5.02. The standard InChI is InChI=1S/C16H21NO5/c1-21-13-7-6-10(8-14(13)22-2)9-15(18)17-12-5-3-4-11(12)16(19)20/h6-8,11-12H,3-5,9H2,1-2H3,(H,17,18)(H,19,20)/t11-,12+/m0/s1. The molecule has 0 bridgehead atoms. The van der Waals surface area contributed by atoms with E-state index in [2.05, 4.69) is 5.32 Å². The number of carbonyl (C=O) groups excluding carboxylic acids is 1. The molecule has 0 aliphatic heterocycles. The van der Waals surface area contributed by atoms with Crippen LogP contribution in [0.3, 0.4) is 0 Å². The van der Waals surface area contributed by atoms with Gasteiger partial charge in [0.05, 0.1) is 26.6 Å². The number of benzene rings is 1. The number of hydrogen-bond donors (Lipinski definition) is 2. The molecular weight excluding hydrogens is 286 g/mol. The SMILES string of the molecule is COc1ccc(CC(=O)N[C@@H]2CCC[C@@H]2C(=O)O)cc1OC. The van der Waals surface area contributed by atoms with Gasteiger partial charge in [-0.1, -0.05) is 12.5 Å². The van der Waals surface area contributed by atoms with Gasteiger partial charge >= 0.3 is 5.97 Å². The number of carbonyl (C=O) groups is 2. The van der Waals surface area contributed by atoms with Gasteiger partial charge in [0.15, 0.2) is 11.5 Å². The number of carboxylic acid groups (broad SMARTS) is 1. The number of rotatable bonds is 6. The van der Waals surface area contributed by atoms with Crippen LogP contribution in [0.25, 0.3) is 0 Å². The Labute approximate surface area is 129 Å². The molecule has 6 heteroatoms. The smallest absolute Gasteiger partial charge is 0.308 e. The predicted molar refractivity (Wildman–Crippen MR) is 80.2 cm³/mol. The van der Waals surface area contributed by atoms with Crippen molar-refractivity contribution in [2.75, 3.05) is 14.2 Å². The summed E-state index contributed by atoms with van der Waals surface area (Å²) >= 11 is 0. The van der Waals surface area contributed by atoms with Gasteiger partial charge in [-0.05, 0) is 30.5 Å². The Kier molecular flexibility index (Phi) is 5.25. The van der Waals surface area contributed by atoms with Crippen LogP contribution in [0.15, 0.2) is 18.2 Å². The molecule has 22 heavy (non-hydrogen) atoms. The van der Waals surface area contributed by atoms with Crippen LogP contribution in [0.4, 0.5) is 0 Å². The number of hydrogen-bond acceptors (Lipinski definition) is 4. The third-order valence-electron chi connectivity index (χ3n) is 3.99.